The number of benzene rings is 2. The van der Waals surface area contributed by atoms with E-state index in [0.29, 0.717) is 11.6 Å². The van der Waals surface area contributed by atoms with E-state index in [2.05, 4.69) is 18.3 Å². The minimum absolute atomic E-state index is 0.655. The zero-order valence-corrected chi connectivity index (χ0v) is 13.5. The Balaban J connectivity index is 2.24. The van der Waals surface area contributed by atoms with Gasteiger partial charge in [0.05, 0.1) is 19.9 Å². The number of methoxy groups -OCH3 is 2. The van der Waals surface area contributed by atoms with Gasteiger partial charge in [0.2, 0.25) is 0 Å². The second kappa shape index (κ2) is 6.72. The molecule has 0 aliphatic rings. The van der Waals surface area contributed by atoms with Crippen LogP contribution in [0.5, 0.6) is 11.5 Å². The lowest BCUT2D eigenvalue weighted by molar-refractivity contribution is 0.409. The summed E-state index contributed by atoms with van der Waals surface area (Å²) in [5.74, 6) is 1.61. The number of ether oxygens (including phenoxy) is 2. The molecular formula is C17H20ClNO2. The van der Waals surface area contributed by atoms with Gasteiger partial charge >= 0.3 is 0 Å². The van der Waals surface area contributed by atoms with Gasteiger partial charge in [0.15, 0.2) is 0 Å². The van der Waals surface area contributed by atoms with Crippen molar-refractivity contribution in [2.24, 2.45) is 0 Å². The van der Waals surface area contributed by atoms with Crippen LogP contribution in [0, 0.1) is 13.8 Å². The zero-order chi connectivity index (χ0) is 15.4. The maximum absolute atomic E-state index is 6.12. The molecule has 0 radical (unpaired) electrons. The molecule has 0 atom stereocenters. The highest BCUT2D eigenvalue weighted by Gasteiger charge is 2.08. The summed E-state index contributed by atoms with van der Waals surface area (Å²) in [4.78, 5) is 0. The van der Waals surface area contributed by atoms with Crippen molar-refractivity contribution in [1.29, 1.82) is 0 Å². The monoisotopic (exact) mass is 305 g/mol. The first kappa shape index (κ1) is 15.5. The summed E-state index contributed by atoms with van der Waals surface area (Å²) >= 11 is 6.12. The van der Waals surface area contributed by atoms with E-state index in [1.54, 1.807) is 14.2 Å². The standard InChI is InChI=1S/C17H20ClNO2/c1-11-5-6-16(20-3)13(7-11)10-19-15-8-12(2)14(18)9-17(15)21-4/h5-9,19H,10H2,1-4H3. The van der Waals surface area contributed by atoms with E-state index in [1.807, 2.05) is 31.2 Å². The Morgan fingerprint density at radius 1 is 1.00 bits per heavy atom. The smallest absolute Gasteiger partial charge is 0.143 e. The Morgan fingerprint density at radius 3 is 2.38 bits per heavy atom. The molecule has 0 aromatic heterocycles. The number of nitrogens with one attached hydrogen (secondary N) is 1. The van der Waals surface area contributed by atoms with Crippen molar-refractivity contribution in [1.82, 2.24) is 0 Å². The van der Waals surface area contributed by atoms with Crippen molar-refractivity contribution < 1.29 is 9.47 Å². The maximum atomic E-state index is 6.12. The molecule has 0 bridgehead atoms. The molecule has 0 amide bonds. The number of rotatable bonds is 5. The van der Waals surface area contributed by atoms with E-state index in [1.165, 1.54) is 5.56 Å². The van der Waals surface area contributed by atoms with Gasteiger partial charge in [-0.2, -0.15) is 0 Å². The first-order valence-electron chi connectivity index (χ1n) is 6.76. The Morgan fingerprint density at radius 2 is 1.71 bits per heavy atom. The molecule has 0 saturated heterocycles. The van der Waals surface area contributed by atoms with Gasteiger partial charge in [0.1, 0.15) is 11.5 Å². The van der Waals surface area contributed by atoms with Crippen molar-refractivity contribution in [2.75, 3.05) is 19.5 Å². The van der Waals surface area contributed by atoms with E-state index in [9.17, 15) is 0 Å². The molecule has 2 rings (SSSR count). The average Bonchev–Trinajstić information content (AvgIpc) is 2.48. The van der Waals surface area contributed by atoms with Crippen LogP contribution in [0.2, 0.25) is 5.02 Å². The van der Waals surface area contributed by atoms with Crippen LogP contribution in [0.4, 0.5) is 5.69 Å². The van der Waals surface area contributed by atoms with Crippen LogP contribution in [0.1, 0.15) is 16.7 Å². The van der Waals surface area contributed by atoms with Crippen molar-refractivity contribution in [2.45, 2.75) is 20.4 Å². The van der Waals surface area contributed by atoms with E-state index >= 15 is 0 Å². The highest BCUT2D eigenvalue weighted by atomic mass is 35.5. The van der Waals surface area contributed by atoms with Crippen LogP contribution in [0.3, 0.4) is 0 Å². The number of anilines is 1. The molecule has 0 heterocycles. The molecule has 1 N–H and O–H groups in total. The minimum atomic E-state index is 0.655. The second-order valence-corrected chi connectivity index (χ2v) is 5.38. The highest BCUT2D eigenvalue weighted by Crippen LogP contribution is 2.32. The fraction of sp³-hybridized carbons (Fsp3) is 0.294. The van der Waals surface area contributed by atoms with Crippen molar-refractivity contribution in [3.05, 3.63) is 52.0 Å². The quantitative estimate of drug-likeness (QED) is 0.876. The predicted octanol–water partition coefficient (Wildman–Crippen LogP) is 4.59. The number of aryl methyl sites for hydroxylation is 2. The third kappa shape index (κ3) is 3.61. The summed E-state index contributed by atoms with van der Waals surface area (Å²) in [7, 11) is 3.32. The van der Waals surface area contributed by atoms with Crippen LogP contribution in [0.25, 0.3) is 0 Å². The molecule has 2 aromatic rings. The number of hydrogen-bond donors (Lipinski definition) is 1. The molecule has 0 aliphatic carbocycles. The lowest BCUT2D eigenvalue weighted by Crippen LogP contribution is -2.04. The summed E-state index contributed by atoms with van der Waals surface area (Å²) in [6.07, 6.45) is 0. The molecule has 21 heavy (non-hydrogen) atoms. The van der Waals surface area contributed by atoms with Gasteiger partial charge in [-0.05, 0) is 31.5 Å². The van der Waals surface area contributed by atoms with Gasteiger partial charge in [0.25, 0.3) is 0 Å². The normalized spacial score (nSPS) is 10.3. The molecule has 0 spiro atoms. The maximum Gasteiger partial charge on any atom is 0.143 e. The fourth-order valence-electron chi connectivity index (χ4n) is 2.21. The van der Waals surface area contributed by atoms with Crippen molar-refractivity contribution >= 4 is 17.3 Å². The SMILES string of the molecule is COc1ccc(C)cc1CNc1cc(C)c(Cl)cc1OC. The Hall–Kier alpha value is -1.87. The van der Waals surface area contributed by atoms with Gasteiger partial charge in [0, 0.05) is 23.2 Å². The third-order valence-corrected chi connectivity index (χ3v) is 3.79. The summed E-state index contributed by atoms with van der Waals surface area (Å²) in [6.45, 7) is 4.69. The average molecular weight is 306 g/mol. The molecule has 3 nitrogen and oxygen atoms in total. The van der Waals surface area contributed by atoms with Gasteiger partial charge in [-0.1, -0.05) is 29.3 Å². The van der Waals surface area contributed by atoms with E-state index in [4.69, 9.17) is 21.1 Å². The summed E-state index contributed by atoms with van der Waals surface area (Å²) in [5.41, 5.74) is 4.23. The third-order valence-electron chi connectivity index (χ3n) is 3.39. The summed E-state index contributed by atoms with van der Waals surface area (Å²) < 4.78 is 10.8. The zero-order valence-electron chi connectivity index (χ0n) is 12.8. The van der Waals surface area contributed by atoms with Gasteiger partial charge in [-0.25, -0.2) is 0 Å². The van der Waals surface area contributed by atoms with Crippen LogP contribution < -0.4 is 14.8 Å². The molecule has 4 heteroatoms. The lowest BCUT2D eigenvalue weighted by Gasteiger charge is -2.15. The lowest BCUT2D eigenvalue weighted by atomic mass is 10.1. The predicted molar refractivity (Wildman–Crippen MR) is 87.8 cm³/mol. The summed E-state index contributed by atoms with van der Waals surface area (Å²) in [6, 6.07) is 9.95. The summed E-state index contributed by atoms with van der Waals surface area (Å²) in [5, 5.41) is 4.09. The Bertz CT molecular complexity index is 641. The first-order chi connectivity index (χ1) is 10.0. The Kier molecular flexibility index (Phi) is 4.97. The number of hydrogen-bond acceptors (Lipinski definition) is 3. The first-order valence-corrected chi connectivity index (χ1v) is 7.14. The Labute approximate surface area is 130 Å². The molecule has 2 aromatic carbocycles. The number of halogens is 1. The largest absolute Gasteiger partial charge is 0.496 e. The highest BCUT2D eigenvalue weighted by molar-refractivity contribution is 6.31. The van der Waals surface area contributed by atoms with Gasteiger partial charge in [-0.3, -0.25) is 0 Å². The van der Waals surface area contributed by atoms with Crippen LogP contribution in [-0.4, -0.2) is 14.2 Å². The van der Waals surface area contributed by atoms with Crippen LogP contribution in [0.15, 0.2) is 30.3 Å². The second-order valence-electron chi connectivity index (χ2n) is 4.97. The van der Waals surface area contributed by atoms with Gasteiger partial charge in [-0.15, -0.1) is 0 Å². The topological polar surface area (TPSA) is 30.5 Å². The van der Waals surface area contributed by atoms with Crippen LogP contribution >= 0.6 is 11.6 Å². The minimum Gasteiger partial charge on any atom is -0.496 e. The van der Waals surface area contributed by atoms with Crippen molar-refractivity contribution in [3.63, 3.8) is 0 Å². The molecule has 0 aliphatic heterocycles. The van der Waals surface area contributed by atoms with Crippen molar-refractivity contribution in [3.8, 4) is 11.5 Å². The van der Waals surface area contributed by atoms with E-state index < -0.39 is 0 Å². The fourth-order valence-corrected chi connectivity index (χ4v) is 2.36. The van der Waals surface area contributed by atoms with Gasteiger partial charge < -0.3 is 14.8 Å². The molecule has 0 fully saturated rings. The van der Waals surface area contributed by atoms with E-state index in [0.717, 1.165) is 28.3 Å². The molecule has 112 valence electrons. The van der Waals surface area contributed by atoms with E-state index in [-0.39, 0.29) is 0 Å². The molecular weight excluding hydrogens is 286 g/mol. The van der Waals surface area contributed by atoms with Crippen LogP contribution in [-0.2, 0) is 6.54 Å². The molecule has 0 saturated carbocycles. The molecule has 0 unspecified atom stereocenters.